The number of hydrogen-bond acceptors (Lipinski definition) is 2. The molecule has 1 aromatic rings. The molecular formula is C8H5ClN2O2. The minimum Gasteiger partial charge on any atom is -0.267 e. The van der Waals surface area contributed by atoms with Crippen LogP contribution in [0.4, 0.5) is 0 Å². The third kappa shape index (κ3) is 1.25. The zero-order chi connectivity index (χ0) is 9.42. The summed E-state index contributed by atoms with van der Waals surface area (Å²) >= 11 is 5.76. The maximum absolute atomic E-state index is 11.2. The molecule has 5 heteroatoms. The second-order valence-corrected chi connectivity index (χ2v) is 3.01. The molecule has 2 amide bonds. The fraction of sp³-hybridized carbons (Fsp3) is 0. The Bertz CT molecular complexity index is 403. The van der Waals surface area contributed by atoms with Crippen molar-refractivity contribution in [2.24, 2.45) is 0 Å². The Labute approximate surface area is 78.9 Å². The quantitative estimate of drug-likeness (QED) is 0.643. The van der Waals surface area contributed by atoms with Crippen LogP contribution >= 0.6 is 11.6 Å². The van der Waals surface area contributed by atoms with Gasteiger partial charge in [-0.25, -0.2) is 0 Å². The van der Waals surface area contributed by atoms with Gasteiger partial charge in [-0.05, 0) is 18.2 Å². The summed E-state index contributed by atoms with van der Waals surface area (Å²) in [4.78, 5) is 22.4. The first-order valence-corrected chi connectivity index (χ1v) is 3.96. The van der Waals surface area contributed by atoms with Crippen LogP contribution in [0.15, 0.2) is 18.2 Å². The summed E-state index contributed by atoms with van der Waals surface area (Å²) < 4.78 is 0. The van der Waals surface area contributed by atoms with Gasteiger partial charge in [-0.2, -0.15) is 0 Å². The lowest BCUT2D eigenvalue weighted by atomic mass is 10.1. The zero-order valence-corrected chi connectivity index (χ0v) is 7.18. The van der Waals surface area contributed by atoms with Crippen LogP contribution in [0.2, 0.25) is 5.02 Å². The van der Waals surface area contributed by atoms with E-state index < -0.39 is 5.91 Å². The van der Waals surface area contributed by atoms with Crippen molar-refractivity contribution in [1.82, 2.24) is 10.9 Å². The van der Waals surface area contributed by atoms with Gasteiger partial charge in [0.05, 0.1) is 10.6 Å². The summed E-state index contributed by atoms with van der Waals surface area (Å²) in [6.07, 6.45) is 0. The van der Waals surface area contributed by atoms with Crippen molar-refractivity contribution in [3.63, 3.8) is 0 Å². The number of benzene rings is 1. The van der Waals surface area contributed by atoms with Gasteiger partial charge in [0.25, 0.3) is 11.8 Å². The number of fused-ring (bicyclic) bond motifs is 5. The van der Waals surface area contributed by atoms with Gasteiger partial charge < -0.3 is 0 Å². The molecule has 0 saturated heterocycles. The molecule has 2 aliphatic rings. The summed E-state index contributed by atoms with van der Waals surface area (Å²) in [6.45, 7) is 0. The SMILES string of the molecule is O=C1NNC(=O)c2ccc1cc2Cl. The third-order valence-electron chi connectivity index (χ3n) is 1.77. The molecular weight excluding hydrogens is 192 g/mol. The van der Waals surface area contributed by atoms with Crippen LogP contribution in [0.25, 0.3) is 0 Å². The third-order valence-corrected chi connectivity index (χ3v) is 2.08. The second kappa shape index (κ2) is 2.74. The van der Waals surface area contributed by atoms with E-state index in [0.717, 1.165) is 0 Å². The Kier molecular flexibility index (Phi) is 1.70. The fourth-order valence-corrected chi connectivity index (χ4v) is 1.36. The predicted molar refractivity (Wildman–Crippen MR) is 46.4 cm³/mol. The Morgan fingerprint density at radius 2 is 1.77 bits per heavy atom. The van der Waals surface area contributed by atoms with Crippen LogP contribution in [0.1, 0.15) is 20.7 Å². The minimum absolute atomic E-state index is 0.282. The van der Waals surface area contributed by atoms with Gasteiger partial charge in [0, 0.05) is 5.56 Å². The second-order valence-electron chi connectivity index (χ2n) is 2.60. The van der Waals surface area contributed by atoms with Gasteiger partial charge in [0.2, 0.25) is 0 Å². The molecule has 2 N–H and O–H groups in total. The molecule has 0 aromatic heterocycles. The topological polar surface area (TPSA) is 58.2 Å². The van der Waals surface area contributed by atoms with E-state index in [1.165, 1.54) is 12.1 Å². The first kappa shape index (κ1) is 8.07. The number of amides is 2. The average Bonchev–Trinajstić information content (AvgIpc) is 2.11. The molecule has 1 aromatic carbocycles. The molecule has 3 rings (SSSR count). The molecule has 2 aliphatic heterocycles. The molecule has 66 valence electrons. The molecule has 0 atom stereocenters. The minimum atomic E-state index is -0.412. The molecule has 13 heavy (non-hydrogen) atoms. The summed E-state index contributed by atoms with van der Waals surface area (Å²) in [7, 11) is 0. The monoisotopic (exact) mass is 196 g/mol. The first-order valence-electron chi connectivity index (χ1n) is 3.59. The molecule has 2 bridgehead atoms. The maximum Gasteiger partial charge on any atom is 0.271 e. The van der Waals surface area contributed by atoms with E-state index in [0.29, 0.717) is 11.1 Å². The molecule has 0 spiro atoms. The number of hydrogen-bond donors (Lipinski definition) is 2. The smallest absolute Gasteiger partial charge is 0.267 e. The lowest BCUT2D eigenvalue weighted by Crippen LogP contribution is -2.43. The van der Waals surface area contributed by atoms with Crippen molar-refractivity contribution in [3.05, 3.63) is 34.3 Å². The lowest BCUT2D eigenvalue weighted by molar-refractivity contribution is 0.0842. The van der Waals surface area contributed by atoms with Gasteiger partial charge >= 0.3 is 0 Å². The molecule has 0 fully saturated rings. The Morgan fingerprint density at radius 3 is 2.46 bits per heavy atom. The number of nitrogens with one attached hydrogen (secondary N) is 2. The number of rotatable bonds is 0. The van der Waals surface area contributed by atoms with Crippen LogP contribution < -0.4 is 10.9 Å². The summed E-state index contributed by atoms with van der Waals surface area (Å²) in [5.41, 5.74) is 5.24. The molecule has 0 saturated carbocycles. The highest BCUT2D eigenvalue weighted by atomic mass is 35.5. The van der Waals surface area contributed by atoms with Crippen molar-refractivity contribution in [3.8, 4) is 0 Å². The van der Waals surface area contributed by atoms with Gasteiger partial charge in [0.15, 0.2) is 0 Å². The van der Waals surface area contributed by atoms with Crippen molar-refractivity contribution in [2.45, 2.75) is 0 Å². The summed E-state index contributed by atoms with van der Waals surface area (Å²) in [5, 5.41) is 0.282. The first-order chi connectivity index (χ1) is 6.18. The summed E-state index contributed by atoms with van der Waals surface area (Å²) in [5.74, 6) is -0.786. The molecule has 2 heterocycles. The van der Waals surface area contributed by atoms with Crippen molar-refractivity contribution < 1.29 is 9.59 Å². The van der Waals surface area contributed by atoms with Crippen LogP contribution in [0, 0.1) is 0 Å². The van der Waals surface area contributed by atoms with E-state index in [-0.39, 0.29) is 10.9 Å². The highest BCUT2D eigenvalue weighted by Gasteiger charge is 2.17. The van der Waals surface area contributed by atoms with Crippen LogP contribution in [-0.4, -0.2) is 11.8 Å². The van der Waals surface area contributed by atoms with Crippen molar-refractivity contribution >= 4 is 23.4 Å². The largest absolute Gasteiger partial charge is 0.271 e. The Hall–Kier alpha value is -1.55. The van der Waals surface area contributed by atoms with E-state index >= 15 is 0 Å². The van der Waals surface area contributed by atoms with E-state index in [2.05, 4.69) is 10.9 Å². The standard InChI is InChI=1S/C8H5ClN2O2/c9-6-3-4-1-2-5(6)8(13)11-10-7(4)12/h1-3H,(H,10,12)(H,11,13). The van der Waals surface area contributed by atoms with Crippen LogP contribution in [-0.2, 0) is 0 Å². The maximum atomic E-state index is 11.2. The fourth-order valence-electron chi connectivity index (χ4n) is 1.09. The Balaban J connectivity index is 2.65. The normalized spacial score (nSPS) is 14.5. The van der Waals surface area contributed by atoms with Gasteiger partial charge in [0.1, 0.15) is 0 Å². The summed E-state index contributed by atoms with van der Waals surface area (Å²) in [6, 6.07) is 4.53. The van der Waals surface area contributed by atoms with E-state index in [9.17, 15) is 9.59 Å². The van der Waals surface area contributed by atoms with E-state index in [4.69, 9.17) is 11.6 Å². The van der Waals surface area contributed by atoms with Gasteiger partial charge in [-0.15, -0.1) is 0 Å². The number of carbonyl (C=O) groups excluding carboxylic acids is 2. The van der Waals surface area contributed by atoms with E-state index in [1.807, 2.05) is 0 Å². The molecule has 0 aliphatic carbocycles. The number of carbonyl (C=O) groups is 2. The van der Waals surface area contributed by atoms with Crippen LogP contribution in [0.5, 0.6) is 0 Å². The predicted octanol–water partition coefficient (Wildman–Crippen LogP) is 0.728. The highest BCUT2D eigenvalue weighted by molar-refractivity contribution is 6.34. The van der Waals surface area contributed by atoms with Gasteiger partial charge in [-0.3, -0.25) is 20.4 Å². The molecule has 0 radical (unpaired) electrons. The average molecular weight is 197 g/mol. The molecule has 0 unspecified atom stereocenters. The van der Waals surface area contributed by atoms with Gasteiger partial charge in [-0.1, -0.05) is 11.6 Å². The van der Waals surface area contributed by atoms with Crippen LogP contribution in [0.3, 0.4) is 0 Å². The number of halogens is 1. The number of hydrazine groups is 1. The lowest BCUT2D eigenvalue weighted by Gasteiger charge is -2.13. The Morgan fingerprint density at radius 1 is 1.08 bits per heavy atom. The molecule has 4 nitrogen and oxygen atoms in total. The highest BCUT2D eigenvalue weighted by Crippen LogP contribution is 2.18. The van der Waals surface area contributed by atoms with Crippen molar-refractivity contribution in [1.29, 1.82) is 0 Å². The zero-order valence-electron chi connectivity index (χ0n) is 6.43. The van der Waals surface area contributed by atoms with Crippen molar-refractivity contribution in [2.75, 3.05) is 0 Å². The van der Waals surface area contributed by atoms with E-state index in [1.54, 1.807) is 6.07 Å².